The zero-order chi connectivity index (χ0) is 14.5. The number of hydrogen-bond acceptors (Lipinski definition) is 4. The van der Waals surface area contributed by atoms with Gasteiger partial charge in [-0.05, 0) is 38.1 Å². The van der Waals surface area contributed by atoms with Crippen LogP contribution in [0.15, 0.2) is 12.1 Å². The van der Waals surface area contributed by atoms with Crippen LogP contribution in [0.2, 0.25) is 5.02 Å². The highest BCUT2D eigenvalue weighted by Crippen LogP contribution is 2.36. The van der Waals surface area contributed by atoms with Crippen molar-refractivity contribution in [3.63, 3.8) is 0 Å². The molecule has 0 aliphatic carbocycles. The SMILES string of the molecule is COc1cc(C(N)=S)cc(Cl)c1OCCN1CCCC1. The Morgan fingerprint density at radius 1 is 1.40 bits per heavy atom. The molecule has 1 heterocycles. The summed E-state index contributed by atoms with van der Waals surface area (Å²) in [4.78, 5) is 2.66. The van der Waals surface area contributed by atoms with Gasteiger partial charge in [-0.15, -0.1) is 0 Å². The van der Waals surface area contributed by atoms with Gasteiger partial charge >= 0.3 is 0 Å². The summed E-state index contributed by atoms with van der Waals surface area (Å²) in [5, 5.41) is 0.466. The van der Waals surface area contributed by atoms with Gasteiger partial charge in [0.1, 0.15) is 11.6 Å². The number of ether oxygens (including phenoxy) is 2. The Balaban J connectivity index is 2.04. The van der Waals surface area contributed by atoms with Crippen molar-refractivity contribution in [3.05, 3.63) is 22.7 Å². The van der Waals surface area contributed by atoms with E-state index in [4.69, 9.17) is 39.0 Å². The minimum absolute atomic E-state index is 0.286. The molecule has 0 unspecified atom stereocenters. The first-order valence-electron chi connectivity index (χ1n) is 6.64. The Labute approximate surface area is 129 Å². The molecule has 0 amide bonds. The van der Waals surface area contributed by atoms with Crippen molar-refractivity contribution in [1.82, 2.24) is 4.90 Å². The van der Waals surface area contributed by atoms with E-state index in [0.29, 0.717) is 28.7 Å². The lowest BCUT2D eigenvalue weighted by atomic mass is 10.2. The smallest absolute Gasteiger partial charge is 0.179 e. The number of nitrogens with zero attached hydrogens (tertiary/aromatic N) is 1. The quantitative estimate of drug-likeness (QED) is 0.817. The standard InChI is InChI=1S/C14H19ClN2O2S/c1-18-12-9-10(14(16)20)8-11(15)13(12)19-7-6-17-4-2-3-5-17/h8-9H,2-7H2,1H3,(H2,16,20). The Hall–Kier alpha value is -1.04. The van der Waals surface area contributed by atoms with Crippen LogP contribution in [0.1, 0.15) is 18.4 Å². The molecule has 2 rings (SSSR count). The lowest BCUT2D eigenvalue weighted by Gasteiger charge is -2.17. The van der Waals surface area contributed by atoms with Crippen LogP contribution in [0.4, 0.5) is 0 Å². The summed E-state index contributed by atoms with van der Waals surface area (Å²) in [5.41, 5.74) is 6.28. The zero-order valence-electron chi connectivity index (χ0n) is 11.5. The van der Waals surface area contributed by atoms with E-state index in [1.54, 1.807) is 19.2 Å². The van der Waals surface area contributed by atoms with E-state index in [-0.39, 0.29) is 4.99 Å². The maximum Gasteiger partial charge on any atom is 0.179 e. The first kappa shape index (κ1) is 15.4. The third kappa shape index (κ3) is 3.75. The molecule has 0 atom stereocenters. The van der Waals surface area contributed by atoms with Crippen molar-refractivity contribution in [1.29, 1.82) is 0 Å². The Kier molecular flexibility index (Phi) is 5.46. The summed E-state index contributed by atoms with van der Waals surface area (Å²) in [5.74, 6) is 1.11. The average molecular weight is 315 g/mol. The molecule has 1 aliphatic heterocycles. The van der Waals surface area contributed by atoms with Gasteiger partial charge in [0.2, 0.25) is 0 Å². The maximum absolute atomic E-state index is 6.22. The fourth-order valence-electron chi connectivity index (χ4n) is 2.29. The summed E-state index contributed by atoms with van der Waals surface area (Å²) in [6.45, 7) is 3.78. The Morgan fingerprint density at radius 2 is 2.10 bits per heavy atom. The van der Waals surface area contributed by atoms with Crippen LogP contribution < -0.4 is 15.2 Å². The molecule has 4 nitrogen and oxygen atoms in total. The van der Waals surface area contributed by atoms with Gasteiger partial charge in [-0.1, -0.05) is 23.8 Å². The van der Waals surface area contributed by atoms with Crippen LogP contribution in [0, 0.1) is 0 Å². The van der Waals surface area contributed by atoms with E-state index in [1.807, 2.05) is 0 Å². The fourth-order valence-corrected chi connectivity index (χ4v) is 2.67. The van der Waals surface area contributed by atoms with Crippen molar-refractivity contribution in [3.8, 4) is 11.5 Å². The molecule has 0 aromatic heterocycles. The molecule has 1 aromatic rings. The molecule has 0 saturated carbocycles. The van der Waals surface area contributed by atoms with Crippen molar-refractivity contribution >= 4 is 28.8 Å². The summed E-state index contributed by atoms with van der Waals surface area (Å²) < 4.78 is 11.1. The number of thiocarbonyl (C=S) groups is 1. The van der Waals surface area contributed by atoms with E-state index in [0.717, 1.165) is 19.6 Å². The summed E-state index contributed by atoms with van der Waals surface area (Å²) >= 11 is 11.2. The van der Waals surface area contributed by atoms with Crippen molar-refractivity contribution in [2.75, 3.05) is 33.4 Å². The second-order valence-corrected chi connectivity index (χ2v) is 5.60. The Morgan fingerprint density at radius 3 is 2.70 bits per heavy atom. The lowest BCUT2D eigenvalue weighted by Crippen LogP contribution is -2.25. The number of nitrogens with two attached hydrogens (primary N) is 1. The molecule has 1 saturated heterocycles. The summed E-state index contributed by atoms with van der Waals surface area (Å²) in [7, 11) is 1.57. The highest BCUT2D eigenvalue weighted by atomic mass is 35.5. The zero-order valence-corrected chi connectivity index (χ0v) is 13.1. The molecule has 0 radical (unpaired) electrons. The first-order valence-corrected chi connectivity index (χ1v) is 7.43. The van der Waals surface area contributed by atoms with Gasteiger partial charge < -0.3 is 15.2 Å². The van der Waals surface area contributed by atoms with Crippen LogP contribution in [-0.2, 0) is 0 Å². The van der Waals surface area contributed by atoms with Gasteiger partial charge in [-0.2, -0.15) is 0 Å². The topological polar surface area (TPSA) is 47.7 Å². The third-order valence-electron chi connectivity index (χ3n) is 3.37. The van der Waals surface area contributed by atoms with Gasteiger partial charge in [0, 0.05) is 12.1 Å². The highest BCUT2D eigenvalue weighted by Gasteiger charge is 2.15. The predicted octanol–water partition coefficient (Wildman–Crippen LogP) is 2.46. The molecule has 0 bridgehead atoms. The van der Waals surface area contributed by atoms with Crippen LogP contribution in [0.5, 0.6) is 11.5 Å². The average Bonchev–Trinajstić information content (AvgIpc) is 2.93. The van der Waals surface area contributed by atoms with Gasteiger partial charge in [-0.25, -0.2) is 0 Å². The molecule has 110 valence electrons. The third-order valence-corrected chi connectivity index (χ3v) is 3.88. The molecular weight excluding hydrogens is 296 g/mol. The van der Waals surface area contributed by atoms with E-state index < -0.39 is 0 Å². The molecule has 1 fully saturated rings. The molecule has 1 aliphatic rings. The second kappa shape index (κ2) is 7.11. The van der Waals surface area contributed by atoms with Crippen molar-refractivity contribution in [2.45, 2.75) is 12.8 Å². The van der Waals surface area contributed by atoms with Crippen molar-refractivity contribution in [2.24, 2.45) is 5.73 Å². The van der Waals surface area contributed by atoms with Gasteiger partial charge in [-0.3, -0.25) is 4.90 Å². The molecular formula is C14H19ClN2O2S. The monoisotopic (exact) mass is 314 g/mol. The number of halogens is 1. The molecule has 20 heavy (non-hydrogen) atoms. The Bertz CT molecular complexity index is 490. The van der Waals surface area contributed by atoms with Crippen LogP contribution in [0.3, 0.4) is 0 Å². The number of likely N-dealkylation sites (tertiary alicyclic amines) is 1. The van der Waals surface area contributed by atoms with E-state index in [2.05, 4.69) is 4.90 Å². The summed E-state index contributed by atoms with van der Waals surface area (Å²) in [6, 6.07) is 3.46. The predicted molar refractivity (Wildman–Crippen MR) is 85.1 cm³/mol. The lowest BCUT2D eigenvalue weighted by molar-refractivity contribution is 0.230. The van der Waals surface area contributed by atoms with Crippen molar-refractivity contribution < 1.29 is 9.47 Å². The van der Waals surface area contributed by atoms with E-state index >= 15 is 0 Å². The molecule has 1 aromatic carbocycles. The van der Waals surface area contributed by atoms with Gasteiger partial charge in [0.25, 0.3) is 0 Å². The molecule has 6 heteroatoms. The molecule has 2 N–H and O–H groups in total. The van der Waals surface area contributed by atoms with Gasteiger partial charge in [0.05, 0.1) is 12.1 Å². The number of rotatable bonds is 6. The maximum atomic E-state index is 6.22. The number of hydrogen-bond donors (Lipinski definition) is 1. The molecule has 0 spiro atoms. The largest absolute Gasteiger partial charge is 0.493 e. The van der Waals surface area contributed by atoms with E-state index in [9.17, 15) is 0 Å². The highest BCUT2D eigenvalue weighted by molar-refractivity contribution is 7.80. The number of methoxy groups -OCH3 is 1. The first-order chi connectivity index (χ1) is 9.61. The summed E-state index contributed by atoms with van der Waals surface area (Å²) in [6.07, 6.45) is 2.54. The van der Waals surface area contributed by atoms with Crippen LogP contribution >= 0.6 is 23.8 Å². The van der Waals surface area contributed by atoms with Crippen LogP contribution in [0.25, 0.3) is 0 Å². The second-order valence-electron chi connectivity index (χ2n) is 4.75. The number of benzene rings is 1. The minimum atomic E-state index is 0.286. The van der Waals surface area contributed by atoms with Gasteiger partial charge in [0.15, 0.2) is 11.5 Å². The fraction of sp³-hybridized carbons (Fsp3) is 0.500. The van der Waals surface area contributed by atoms with E-state index in [1.165, 1.54) is 12.8 Å². The van der Waals surface area contributed by atoms with Crippen LogP contribution in [-0.4, -0.2) is 43.2 Å². The minimum Gasteiger partial charge on any atom is -0.493 e. The normalized spacial score (nSPS) is 15.3.